The zero-order valence-corrected chi connectivity index (χ0v) is 21.9. The highest BCUT2D eigenvalue weighted by molar-refractivity contribution is 7.85. The maximum Gasteiger partial charge on any atom is 0.266 e. The van der Waals surface area contributed by atoms with E-state index in [0.29, 0.717) is 36.0 Å². The summed E-state index contributed by atoms with van der Waals surface area (Å²) in [6, 6.07) is 0. The van der Waals surface area contributed by atoms with Crippen molar-refractivity contribution in [3.63, 3.8) is 0 Å². The lowest BCUT2D eigenvalue weighted by atomic mass is 9.44. The molecule has 196 valence electrons. The summed E-state index contributed by atoms with van der Waals surface area (Å²) in [5.41, 5.74) is 0.367. The molecule has 0 saturated heterocycles. The molecule has 0 aromatic heterocycles. The molecule has 0 radical (unpaired) electrons. The quantitative estimate of drug-likeness (QED) is 0.398. The largest absolute Gasteiger partial charge is 0.393 e. The Labute approximate surface area is 205 Å². The van der Waals surface area contributed by atoms with E-state index in [4.69, 9.17) is 4.55 Å². The molecule has 1 amide bonds. The lowest BCUT2D eigenvalue weighted by molar-refractivity contribution is -0.172. The van der Waals surface area contributed by atoms with Crippen LogP contribution in [0.1, 0.15) is 85.0 Å². The number of fused-ring (bicyclic) bond motifs is 5. The van der Waals surface area contributed by atoms with Crippen LogP contribution in [0.3, 0.4) is 0 Å². The number of rotatable bonds is 7. The van der Waals surface area contributed by atoms with Gasteiger partial charge in [-0.15, -0.1) is 0 Å². The SMILES string of the molecule is C[C@H](CCC(=O)NCCS(=O)(=O)O)[C@H]1CC[C@H]2[C@@H]3C[C@H](O)[C@@H]4C[C@H](O)CCC4(C)[C@H]3CCC12C. The van der Waals surface area contributed by atoms with Crippen LogP contribution in [0.2, 0.25) is 0 Å². The first kappa shape index (κ1) is 26.4. The van der Waals surface area contributed by atoms with E-state index in [1.165, 1.54) is 25.7 Å². The van der Waals surface area contributed by atoms with Crippen molar-refractivity contribution in [1.29, 1.82) is 0 Å². The van der Waals surface area contributed by atoms with Crippen LogP contribution >= 0.6 is 0 Å². The zero-order valence-electron chi connectivity index (χ0n) is 21.1. The van der Waals surface area contributed by atoms with Gasteiger partial charge in [-0.05, 0) is 104 Å². The number of hydrogen-bond acceptors (Lipinski definition) is 5. The van der Waals surface area contributed by atoms with Crippen molar-refractivity contribution < 1.29 is 28.0 Å². The summed E-state index contributed by atoms with van der Waals surface area (Å²) in [6.45, 7) is 7.05. The van der Waals surface area contributed by atoms with Crippen molar-refractivity contribution in [1.82, 2.24) is 5.32 Å². The average Bonchev–Trinajstić information content (AvgIpc) is 3.10. The van der Waals surface area contributed by atoms with Crippen molar-refractivity contribution in [2.45, 2.75) is 97.2 Å². The Balaban J connectivity index is 1.38. The van der Waals surface area contributed by atoms with Crippen LogP contribution in [0.5, 0.6) is 0 Å². The summed E-state index contributed by atoms with van der Waals surface area (Å²) < 4.78 is 30.5. The second-order valence-corrected chi connectivity index (χ2v) is 14.2. The highest BCUT2D eigenvalue weighted by atomic mass is 32.2. The minimum absolute atomic E-state index is 0.0581. The van der Waals surface area contributed by atoms with Crippen LogP contribution in [0.4, 0.5) is 0 Å². The Morgan fingerprint density at radius 3 is 2.38 bits per heavy atom. The van der Waals surface area contributed by atoms with Gasteiger partial charge in [0.2, 0.25) is 5.91 Å². The van der Waals surface area contributed by atoms with Crippen LogP contribution in [0, 0.1) is 46.3 Å². The molecule has 0 heterocycles. The molecule has 4 aliphatic carbocycles. The molecule has 8 heteroatoms. The summed E-state index contributed by atoms with van der Waals surface area (Å²) in [7, 11) is -4.06. The zero-order chi connectivity index (χ0) is 24.9. The molecule has 4 fully saturated rings. The van der Waals surface area contributed by atoms with Gasteiger partial charge in [0.25, 0.3) is 10.1 Å². The van der Waals surface area contributed by atoms with Gasteiger partial charge in [-0.3, -0.25) is 9.35 Å². The Bertz CT molecular complexity index is 863. The number of aliphatic hydroxyl groups excluding tert-OH is 2. The third kappa shape index (κ3) is 4.94. The lowest BCUT2D eigenvalue weighted by Crippen LogP contribution is -2.58. The predicted octanol–water partition coefficient (Wildman–Crippen LogP) is 3.40. The van der Waals surface area contributed by atoms with E-state index in [2.05, 4.69) is 26.1 Å². The van der Waals surface area contributed by atoms with Gasteiger partial charge in [0.1, 0.15) is 0 Å². The molecule has 0 bridgehead atoms. The number of carbonyl (C=O) groups is 1. The maximum absolute atomic E-state index is 12.2. The summed E-state index contributed by atoms with van der Waals surface area (Å²) in [6.07, 6.45) is 8.84. The number of hydrogen-bond donors (Lipinski definition) is 4. The minimum atomic E-state index is -4.06. The van der Waals surface area contributed by atoms with E-state index in [1.54, 1.807) is 0 Å². The molecule has 0 aromatic rings. The van der Waals surface area contributed by atoms with Gasteiger partial charge < -0.3 is 15.5 Å². The van der Waals surface area contributed by atoms with E-state index < -0.39 is 15.9 Å². The first-order valence-electron chi connectivity index (χ1n) is 13.4. The summed E-state index contributed by atoms with van der Waals surface area (Å²) >= 11 is 0. The molecule has 4 N–H and O–H groups in total. The van der Waals surface area contributed by atoms with Crippen molar-refractivity contribution in [3.05, 3.63) is 0 Å². The van der Waals surface area contributed by atoms with Gasteiger partial charge in [0.05, 0.1) is 18.0 Å². The lowest BCUT2D eigenvalue weighted by Gasteiger charge is -2.62. The normalized spacial score (nSPS) is 45.1. The number of aliphatic hydroxyl groups is 2. The summed E-state index contributed by atoms with van der Waals surface area (Å²) in [4.78, 5) is 12.2. The monoisotopic (exact) mass is 499 g/mol. The molecule has 10 atom stereocenters. The van der Waals surface area contributed by atoms with Crippen molar-refractivity contribution in [3.8, 4) is 0 Å². The van der Waals surface area contributed by atoms with E-state index in [0.717, 1.165) is 32.1 Å². The second kappa shape index (κ2) is 9.64. The number of carbonyl (C=O) groups excluding carboxylic acids is 1. The van der Waals surface area contributed by atoms with Crippen molar-refractivity contribution in [2.24, 2.45) is 46.3 Å². The highest BCUT2D eigenvalue weighted by Gasteiger charge is 2.62. The predicted molar refractivity (Wildman–Crippen MR) is 130 cm³/mol. The van der Waals surface area contributed by atoms with Gasteiger partial charge >= 0.3 is 0 Å². The molecule has 4 rings (SSSR count). The fourth-order valence-electron chi connectivity index (χ4n) is 9.22. The fourth-order valence-corrected chi connectivity index (χ4v) is 9.58. The third-order valence-corrected chi connectivity index (χ3v) is 11.6. The van der Waals surface area contributed by atoms with Crippen LogP contribution in [0.25, 0.3) is 0 Å². The Morgan fingerprint density at radius 1 is 1.00 bits per heavy atom. The molecule has 4 saturated carbocycles. The first-order chi connectivity index (χ1) is 15.8. The van der Waals surface area contributed by atoms with E-state index >= 15 is 0 Å². The van der Waals surface area contributed by atoms with Crippen LogP contribution in [0.15, 0.2) is 0 Å². The van der Waals surface area contributed by atoms with E-state index in [-0.39, 0.29) is 41.4 Å². The van der Waals surface area contributed by atoms with Gasteiger partial charge in [-0.1, -0.05) is 20.8 Å². The summed E-state index contributed by atoms with van der Waals surface area (Å²) in [5.74, 6) is 2.36. The second-order valence-electron chi connectivity index (χ2n) is 12.6. The Morgan fingerprint density at radius 2 is 1.68 bits per heavy atom. The van der Waals surface area contributed by atoms with Gasteiger partial charge in [-0.2, -0.15) is 8.42 Å². The molecule has 7 nitrogen and oxygen atoms in total. The Kier molecular flexibility index (Phi) is 7.47. The minimum Gasteiger partial charge on any atom is -0.393 e. The highest BCUT2D eigenvalue weighted by Crippen LogP contribution is 2.68. The number of nitrogens with one attached hydrogen (secondary N) is 1. The van der Waals surface area contributed by atoms with Crippen molar-refractivity contribution >= 4 is 16.0 Å². The van der Waals surface area contributed by atoms with Gasteiger partial charge in [0.15, 0.2) is 0 Å². The van der Waals surface area contributed by atoms with Gasteiger partial charge in [0, 0.05) is 13.0 Å². The van der Waals surface area contributed by atoms with E-state index in [9.17, 15) is 23.4 Å². The summed E-state index contributed by atoms with van der Waals surface area (Å²) in [5, 5.41) is 24.0. The third-order valence-electron chi connectivity index (χ3n) is 10.9. The molecular weight excluding hydrogens is 454 g/mol. The molecule has 4 aliphatic rings. The number of amides is 1. The first-order valence-corrected chi connectivity index (χ1v) is 15.0. The maximum atomic E-state index is 12.2. The van der Waals surface area contributed by atoms with Crippen LogP contribution < -0.4 is 5.32 Å². The van der Waals surface area contributed by atoms with E-state index in [1.807, 2.05) is 0 Å². The average molecular weight is 500 g/mol. The Hall–Kier alpha value is -0.700. The molecule has 0 aromatic carbocycles. The topological polar surface area (TPSA) is 124 Å². The standard InChI is InChI=1S/C26H45NO6S/c1-16(4-7-24(30)27-12-13-34(31,32)33)19-5-6-20-18-15-23(29)22-14-17(28)8-10-26(22,3)21(18)9-11-25(19,20)2/h16-23,28-29H,4-15H2,1-3H3,(H,27,30)(H,31,32,33)/t16-,17-,18+,19-,20+,21+,22+,23+,25?,26?/m1/s1. The molecule has 0 aliphatic heterocycles. The fraction of sp³-hybridized carbons (Fsp3) is 0.962. The van der Waals surface area contributed by atoms with Crippen LogP contribution in [-0.4, -0.2) is 53.6 Å². The molecule has 34 heavy (non-hydrogen) atoms. The molecule has 2 unspecified atom stereocenters. The van der Waals surface area contributed by atoms with Crippen LogP contribution in [-0.2, 0) is 14.9 Å². The molecular formula is C26H45NO6S. The smallest absolute Gasteiger partial charge is 0.266 e. The van der Waals surface area contributed by atoms with Gasteiger partial charge in [-0.25, -0.2) is 0 Å². The van der Waals surface area contributed by atoms with Crippen molar-refractivity contribution in [2.75, 3.05) is 12.3 Å². The molecule has 0 spiro atoms.